The molecule has 1 aliphatic heterocycles. The Labute approximate surface area is 183 Å². The molecule has 5 nitrogen and oxygen atoms in total. The van der Waals surface area contributed by atoms with Crippen molar-refractivity contribution in [2.24, 2.45) is 0 Å². The third-order valence-electron chi connectivity index (χ3n) is 5.27. The van der Waals surface area contributed by atoms with Crippen LogP contribution in [0.15, 0.2) is 77.7 Å². The third-order valence-corrected chi connectivity index (χ3v) is 7.00. The number of carbonyl (C=O) groups is 1. The van der Waals surface area contributed by atoms with Gasteiger partial charge in [-0.05, 0) is 47.9 Å². The molecule has 9 heteroatoms. The fourth-order valence-corrected chi connectivity index (χ4v) is 5.36. The number of para-hydroxylation sites is 2. The van der Waals surface area contributed by atoms with E-state index in [1.165, 1.54) is 29.2 Å². The van der Waals surface area contributed by atoms with Gasteiger partial charge in [0.2, 0.25) is 0 Å². The maximum atomic E-state index is 13.5. The Balaban J connectivity index is 1.86. The molecule has 2 amide bonds. The van der Waals surface area contributed by atoms with E-state index in [1.54, 1.807) is 36.4 Å². The summed E-state index contributed by atoms with van der Waals surface area (Å²) >= 11 is 0. The van der Waals surface area contributed by atoms with Crippen LogP contribution in [0.1, 0.15) is 23.6 Å². The summed E-state index contributed by atoms with van der Waals surface area (Å²) in [5, 5.41) is 0. The van der Waals surface area contributed by atoms with E-state index >= 15 is 0 Å². The number of urea groups is 1. The zero-order valence-corrected chi connectivity index (χ0v) is 17.8. The van der Waals surface area contributed by atoms with Crippen LogP contribution >= 0.6 is 0 Å². The Morgan fingerprint density at radius 1 is 0.875 bits per heavy atom. The number of alkyl halides is 3. The predicted octanol–water partition coefficient (Wildman–Crippen LogP) is 5.60. The van der Waals surface area contributed by atoms with Crippen molar-refractivity contribution in [2.75, 3.05) is 9.21 Å². The summed E-state index contributed by atoms with van der Waals surface area (Å²) in [6.07, 6.45) is -4.04. The Morgan fingerprint density at radius 2 is 1.53 bits per heavy atom. The van der Waals surface area contributed by atoms with E-state index in [9.17, 15) is 26.4 Å². The summed E-state index contributed by atoms with van der Waals surface area (Å²) in [7, 11) is -4.21. The van der Waals surface area contributed by atoms with Crippen LogP contribution in [0.4, 0.5) is 29.3 Å². The van der Waals surface area contributed by atoms with E-state index < -0.39 is 27.8 Å². The highest BCUT2D eigenvalue weighted by Gasteiger charge is 2.43. The highest BCUT2D eigenvalue weighted by atomic mass is 32.2. The molecule has 0 radical (unpaired) electrons. The van der Waals surface area contributed by atoms with Crippen molar-refractivity contribution in [3.05, 3.63) is 89.5 Å². The predicted molar refractivity (Wildman–Crippen MR) is 115 cm³/mol. The second-order valence-corrected chi connectivity index (χ2v) is 9.04. The molecule has 0 N–H and O–H groups in total. The van der Waals surface area contributed by atoms with Gasteiger partial charge < -0.3 is 0 Å². The Bertz CT molecular complexity index is 1290. The van der Waals surface area contributed by atoms with Gasteiger partial charge in [0.25, 0.3) is 10.0 Å². The topological polar surface area (TPSA) is 57.7 Å². The van der Waals surface area contributed by atoms with Crippen molar-refractivity contribution in [1.29, 1.82) is 0 Å². The molecule has 0 saturated heterocycles. The summed E-state index contributed by atoms with van der Waals surface area (Å²) in [6, 6.07) is 16.4. The van der Waals surface area contributed by atoms with Crippen LogP contribution < -0.4 is 9.21 Å². The van der Waals surface area contributed by atoms with Gasteiger partial charge in [-0.2, -0.15) is 17.5 Å². The monoisotopic (exact) mass is 460 g/mol. The van der Waals surface area contributed by atoms with Crippen LogP contribution in [0.5, 0.6) is 0 Å². The van der Waals surface area contributed by atoms with Gasteiger partial charge in [0.15, 0.2) is 0 Å². The SMILES string of the molecule is CCc1ccccc1N1C(=O)N(Cc2cccc(C(F)(F)F)c2)c2ccccc2S1(=O)=O. The third kappa shape index (κ3) is 3.73. The van der Waals surface area contributed by atoms with Crippen LogP contribution in [0, 0.1) is 0 Å². The van der Waals surface area contributed by atoms with Gasteiger partial charge in [0.05, 0.1) is 23.5 Å². The van der Waals surface area contributed by atoms with E-state index in [1.807, 2.05) is 6.92 Å². The van der Waals surface area contributed by atoms with Gasteiger partial charge in [0.1, 0.15) is 4.90 Å². The zero-order valence-electron chi connectivity index (χ0n) is 17.0. The van der Waals surface area contributed by atoms with Crippen LogP contribution in [-0.4, -0.2) is 14.4 Å². The average Bonchev–Trinajstić information content (AvgIpc) is 2.76. The second kappa shape index (κ2) is 7.98. The van der Waals surface area contributed by atoms with Crippen molar-refractivity contribution in [2.45, 2.75) is 31.0 Å². The number of carbonyl (C=O) groups excluding carboxylic acids is 1. The first-order chi connectivity index (χ1) is 15.1. The number of fused-ring (bicyclic) bond motifs is 1. The van der Waals surface area contributed by atoms with Gasteiger partial charge in [0, 0.05) is 0 Å². The maximum Gasteiger partial charge on any atom is 0.416 e. The molecule has 3 aromatic carbocycles. The first-order valence-electron chi connectivity index (χ1n) is 9.84. The number of halogens is 3. The van der Waals surface area contributed by atoms with E-state index in [0.717, 1.165) is 16.4 Å². The normalized spacial score (nSPS) is 15.6. The number of hydrogen-bond donors (Lipinski definition) is 0. The molecular formula is C23H19F3N2O3S. The number of hydrogen-bond acceptors (Lipinski definition) is 3. The van der Waals surface area contributed by atoms with Gasteiger partial charge >= 0.3 is 12.2 Å². The minimum absolute atomic E-state index is 0.0857. The average molecular weight is 460 g/mol. The van der Waals surface area contributed by atoms with E-state index in [2.05, 4.69) is 0 Å². The molecular weight excluding hydrogens is 441 g/mol. The standard InChI is InChI=1S/C23H19F3N2O3S/c1-2-17-9-3-4-11-19(17)28-22(29)27(20-12-5-6-13-21(20)32(28,30)31)15-16-8-7-10-18(14-16)23(24,25)26/h3-14H,2,15H2,1H3. The number of benzene rings is 3. The number of amides is 2. The summed E-state index contributed by atoms with van der Waals surface area (Å²) in [4.78, 5) is 14.6. The molecule has 0 bridgehead atoms. The number of rotatable bonds is 4. The summed E-state index contributed by atoms with van der Waals surface area (Å²) in [5.74, 6) is 0. The van der Waals surface area contributed by atoms with Crippen molar-refractivity contribution in [1.82, 2.24) is 0 Å². The van der Waals surface area contributed by atoms with Crippen LogP contribution in [0.2, 0.25) is 0 Å². The summed E-state index contributed by atoms with van der Waals surface area (Å²) in [5.41, 5.74) is 0.395. The van der Waals surface area contributed by atoms with Crippen LogP contribution in [0.25, 0.3) is 0 Å². The molecule has 1 aliphatic rings. The zero-order chi connectivity index (χ0) is 23.1. The highest BCUT2D eigenvalue weighted by molar-refractivity contribution is 7.94. The number of sulfonamides is 1. The largest absolute Gasteiger partial charge is 0.416 e. The Morgan fingerprint density at radius 3 is 2.22 bits per heavy atom. The van der Waals surface area contributed by atoms with E-state index in [4.69, 9.17) is 0 Å². The lowest BCUT2D eigenvalue weighted by Crippen LogP contribution is -2.51. The first kappa shape index (κ1) is 21.9. The molecule has 0 fully saturated rings. The molecule has 32 heavy (non-hydrogen) atoms. The Hall–Kier alpha value is -3.33. The van der Waals surface area contributed by atoms with Gasteiger partial charge in [-0.3, -0.25) is 4.90 Å². The molecule has 3 aromatic rings. The summed E-state index contributed by atoms with van der Waals surface area (Å²) in [6.45, 7) is 1.62. The fraction of sp³-hybridized carbons (Fsp3) is 0.174. The van der Waals surface area contributed by atoms with Crippen molar-refractivity contribution in [3.63, 3.8) is 0 Å². The van der Waals surface area contributed by atoms with Crippen LogP contribution in [0.3, 0.4) is 0 Å². The van der Waals surface area contributed by atoms with E-state index in [0.29, 0.717) is 12.0 Å². The number of aryl methyl sites for hydroxylation is 1. The number of nitrogens with zero attached hydrogens (tertiary/aromatic N) is 2. The van der Waals surface area contributed by atoms with Gasteiger partial charge in [-0.25, -0.2) is 13.2 Å². The van der Waals surface area contributed by atoms with E-state index in [-0.39, 0.29) is 28.4 Å². The highest BCUT2D eigenvalue weighted by Crippen LogP contribution is 2.39. The quantitative estimate of drug-likeness (QED) is 0.509. The van der Waals surface area contributed by atoms with Gasteiger partial charge in [-0.1, -0.05) is 49.4 Å². The van der Waals surface area contributed by atoms with Crippen molar-refractivity contribution in [3.8, 4) is 0 Å². The minimum atomic E-state index is -4.53. The van der Waals surface area contributed by atoms with Crippen molar-refractivity contribution >= 4 is 27.4 Å². The lowest BCUT2D eigenvalue weighted by molar-refractivity contribution is -0.137. The van der Waals surface area contributed by atoms with Gasteiger partial charge in [-0.15, -0.1) is 0 Å². The number of anilines is 2. The molecule has 0 spiro atoms. The lowest BCUT2D eigenvalue weighted by atomic mass is 10.1. The molecule has 0 aliphatic carbocycles. The molecule has 0 unspecified atom stereocenters. The second-order valence-electron chi connectivity index (χ2n) is 7.29. The Kier molecular flexibility index (Phi) is 5.46. The maximum absolute atomic E-state index is 13.5. The minimum Gasteiger partial charge on any atom is -0.287 e. The molecule has 0 aromatic heterocycles. The fourth-order valence-electron chi connectivity index (χ4n) is 3.73. The smallest absolute Gasteiger partial charge is 0.287 e. The van der Waals surface area contributed by atoms with Crippen molar-refractivity contribution < 1.29 is 26.4 Å². The molecule has 0 atom stereocenters. The van der Waals surface area contributed by atoms with Crippen LogP contribution in [-0.2, 0) is 29.2 Å². The molecule has 166 valence electrons. The lowest BCUT2D eigenvalue weighted by Gasteiger charge is -2.37. The first-order valence-corrected chi connectivity index (χ1v) is 11.3. The summed E-state index contributed by atoms with van der Waals surface area (Å²) < 4.78 is 67.0. The molecule has 1 heterocycles. The molecule has 4 rings (SSSR count). The molecule has 0 saturated carbocycles.